The average Bonchev–Trinajstić information content (AvgIpc) is 2.14. The van der Waals surface area contributed by atoms with Crippen molar-refractivity contribution < 1.29 is 5.06 Å². The Morgan fingerprint density at radius 1 is 1.88 bits per heavy atom. The van der Waals surface area contributed by atoms with Gasteiger partial charge in [0.1, 0.15) is 6.67 Å². The molecule has 2 N–H and O–H groups in total. The Hall–Kier alpha value is -0.120. The maximum absolute atomic E-state index is 10.5. The van der Waals surface area contributed by atoms with E-state index in [1.165, 1.54) is 0 Å². The smallest absolute Gasteiger partial charge is 0.131 e. The van der Waals surface area contributed by atoms with Gasteiger partial charge in [-0.3, -0.25) is 5.32 Å². The summed E-state index contributed by atoms with van der Waals surface area (Å²) in [5.41, 5.74) is 0. The first-order valence-corrected chi connectivity index (χ1v) is 3.08. The van der Waals surface area contributed by atoms with Gasteiger partial charge in [-0.15, -0.1) is 0 Å². The van der Waals surface area contributed by atoms with Crippen LogP contribution in [0.1, 0.15) is 13.3 Å². The topological polar surface area (TPSA) is 39.5 Å². The van der Waals surface area contributed by atoms with E-state index in [9.17, 15) is 5.21 Å². The van der Waals surface area contributed by atoms with E-state index in [1.807, 2.05) is 0 Å². The molecular formula is C5H12N2O. The van der Waals surface area contributed by atoms with Crippen molar-refractivity contribution in [2.75, 3.05) is 13.2 Å². The Labute approximate surface area is 49.3 Å². The zero-order valence-corrected chi connectivity index (χ0v) is 5.11. The molecule has 0 spiro atoms. The van der Waals surface area contributed by atoms with Crippen LogP contribution in [0.15, 0.2) is 0 Å². The highest BCUT2D eigenvalue weighted by atomic mass is 16.5. The summed E-state index contributed by atoms with van der Waals surface area (Å²) in [7, 11) is 0. The molecule has 0 radical (unpaired) electrons. The molecule has 0 aliphatic carbocycles. The lowest BCUT2D eigenvalue weighted by atomic mass is 10.2. The number of rotatable bonds is 1. The second kappa shape index (κ2) is 2.44. The van der Waals surface area contributed by atoms with Crippen LogP contribution in [0.2, 0.25) is 0 Å². The third-order valence-corrected chi connectivity index (χ3v) is 1.55. The minimum absolute atomic E-state index is 0.358. The van der Waals surface area contributed by atoms with Crippen LogP contribution in [0.25, 0.3) is 0 Å². The number of nitrogens with one attached hydrogen (secondary N) is 2. The maximum atomic E-state index is 10.5. The minimum atomic E-state index is 0.358. The fourth-order valence-corrected chi connectivity index (χ4v) is 0.966. The van der Waals surface area contributed by atoms with Gasteiger partial charge in [0, 0.05) is 0 Å². The lowest BCUT2D eigenvalue weighted by Gasteiger charge is -2.12. The molecule has 1 aliphatic rings. The highest BCUT2D eigenvalue weighted by molar-refractivity contribution is 4.64. The molecule has 1 aliphatic heterocycles. The molecule has 0 aromatic rings. The lowest BCUT2D eigenvalue weighted by Crippen LogP contribution is -3.05. The predicted molar refractivity (Wildman–Crippen MR) is 31.3 cm³/mol. The Kier molecular flexibility index (Phi) is 1.83. The Bertz CT molecular complexity index is 76.8. The molecule has 48 valence electrons. The molecule has 1 saturated heterocycles. The van der Waals surface area contributed by atoms with Gasteiger partial charge in [-0.05, 0) is 6.42 Å². The van der Waals surface area contributed by atoms with E-state index >= 15 is 0 Å². The summed E-state index contributed by atoms with van der Waals surface area (Å²) in [6.45, 7) is 3.44. The van der Waals surface area contributed by atoms with Gasteiger partial charge >= 0.3 is 0 Å². The summed E-state index contributed by atoms with van der Waals surface area (Å²) in [4.78, 5) is 0. The molecule has 2 unspecified atom stereocenters. The average molecular weight is 116 g/mol. The Morgan fingerprint density at radius 3 is 2.88 bits per heavy atom. The number of quaternary nitrogens is 1. The molecule has 0 aromatic carbocycles. The minimum Gasteiger partial charge on any atom is -0.633 e. The van der Waals surface area contributed by atoms with E-state index < -0.39 is 0 Å². The van der Waals surface area contributed by atoms with Crippen LogP contribution < -0.4 is 10.4 Å². The summed E-state index contributed by atoms with van der Waals surface area (Å²) in [6.07, 6.45) is 1.08. The summed E-state index contributed by atoms with van der Waals surface area (Å²) in [5.74, 6) is 0. The van der Waals surface area contributed by atoms with Crippen molar-refractivity contribution in [1.29, 1.82) is 0 Å². The van der Waals surface area contributed by atoms with Crippen molar-refractivity contribution in [3.05, 3.63) is 5.21 Å². The molecule has 0 amide bonds. The molecule has 1 heterocycles. The van der Waals surface area contributed by atoms with Gasteiger partial charge in [0.15, 0.2) is 0 Å². The predicted octanol–water partition coefficient (Wildman–Crippen LogP) is -1.29. The van der Waals surface area contributed by atoms with E-state index in [0.717, 1.165) is 13.0 Å². The third-order valence-electron chi connectivity index (χ3n) is 1.55. The first-order valence-electron chi connectivity index (χ1n) is 3.08. The van der Waals surface area contributed by atoms with Crippen LogP contribution in [0.4, 0.5) is 0 Å². The van der Waals surface area contributed by atoms with Crippen LogP contribution in [0.5, 0.6) is 0 Å². The molecule has 3 nitrogen and oxygen atoms in total. The highest BCUT2D eigenvalue weighted by Gasteiger charge is 2.16. The SMILES string of the molecule is CCC1C[NH+]([O-])CN1. The molecule has 0 saturated carbocycles. The van der Waals surface area contributed by atoms with E-state index in [2.05, 4.69) is 12.2 Å². The molecule has 2 atom stereocenters. The van der Waals surface area contributed by atoms with Crippen LogP contribution in [-0.4, -0.2) is 19.3 Å². The fourth-order valence-electron chi connectivity index (χ4n) is 0.966. The normalized spacial score (nSPS) is 38.2. The highest BCUT2D eigenvalue weighted by Crippen LogP contribution is 1.87. The van der Waals surface area contributed by atoms with Gasteiger partial charge < -0.3 is 10.3 Å². The van der Waals surface area contributed by atoms with Gasteiger partial charge in [0.2, 0.25) is 0 Å². The summed E-state index contributed by atoms with van der Waals surface area (Å²) < 4.78 is 0. The van der Waals surface area contributed by atoms with Crippen molar-refractivity contribution in [3.8, 4) is 0 Å². The number of hydrogen-bond acceptors (Lipinski definition) is 2. The van der Waals surface area contributed by atoms with Crippen LogP contribution in [-0.2, 0) is 0 Å². The fraction of sp³-hybridized carbons (Fsp3) is 1.00. The van der Waals surface area contributed by atoms with Gasteiger partial charge in [-0.25, -0.2) is 0 Å². The van der Waals surface area contributed by atoms with Gasteiger partial charge in [0.05, 0.1) is 12.6 Å². The van der Waals surface area contributed by atoms with Crippen molar-refractivity contribution in [3.63, 3.8) is 0 Å². The zero-order chi connectivity index (χ0) is 5.98. The van der Waals surface area contributed by atoms with Gasteiger partial charge in [-0.1, -0.05) is 6.92 Å². The Balaban J connectivity index is 2.22. The molecule has 0 bridgehead atoms. The maximum Gasteiger partial charge on any atom is 0.131 e. The largest absolute Gasteiger partial charge is 0.633 e. The number of hydroxylamine groups is 2. The molecule has 3 heteroatoms. The Morgan fingerprint density at radius 2 is 2.62 bits per heavy atom. The van der Waals surface area contributed by atoms with E-state index in [-0.39, 0.29) is 0 Å². The van der Waals surface area contributed by atoms with Crippen LogP contribution >= 0.6 is 0 Å². The first-order chi connectivity index (χ1) is 3.83. The molecule has 1 rings (SSSR count). The molecular weight excluding hydrogens is 104 g/mol. The van der Waals surface area contributed by atoms with E-state index in [1.54, 1.807) is 0 Å². The van der Waals surface area contributed by atoms with Crippen molar-refractivity contribution in [2.45, 2.75) is 19.4 Å². The standard InChI is InChI=1S/C5H12N2O/c1-2-5-3-7(8)4-6-5/h5-7H,2-4H2,1H3. The van der Waals surface area contributed by atoms with Crippen molar-refractivity contribution in [2.24, 2.45) is 0 Å². The van der Waals surface area contributed by atoms with Crippen LogP contribution in [0, 0.1) is 5.21 Å². The first kappa shape index (κ1) is 6.01. The monoisotopic (exact) mass is 116 g/mol. The zero-order valence-electron chi connectivity index (χ0n) is 5.11. The third kappa shape index (κ3) is 1.18. The second-order valence-corrected chi connectivity index (χ2v) is 2.23. The molecule has 8 heavy (non-hydrogen) atoms. The second-order valence-electron chi connectivity index (χ2n) is 2.23. The molecule has 1 fully saturated rings. The molecule has 0 aromatic heterocycles. The van der Waals surface area contributed by atoms with Gasteiger partial charge in [-0.2, -0.15) is 0 Å². The van der Waals surface area contributed by atoms with E-state index in [4.69, 9.17) is 0 Å². The summed E-state index contributed by atoms with van der Waals surface area (Å²) in [5, 5.41) is 14.0. The van der Waals surface area contributed by atoms with Crippen LogP contribution in [0.3, 0.4) is 0 Å². The van der Waals surface area contributed by atoms with Crippen molar-refractivity contribution >= 4 is 0 Å². The van der Waals surface area contributed by atoms with E-state index in [0.29, 0.717) is 17.8 Å². The quantitative estimate of drug-likeness (QED) is 0.418. The summed E-state index contributed by atoms with van der Waals surface area (Å²) in [6, 6.07) is 0.475. The van der Waals surface area contributed by atoms with Gasteiger partial charge in [0.25, 0.3) is 0 Å². The summed E-state index contributed by atoms with van der Waals surface area (Å²) >= 11 is 0. The van der Waals surface area contributed by atoms with Crippen molar-refractivity contribution in [1.82, 2.24) is 5.32 Å². The number of hydrogen-bond donors (Lipinski definition) is 2. The lowest BCUT2D eigenvalue weighted by molar-refractivity contribution is -0.835.